The molecule has 2 unspecified atom stereocenters. The fourth-order valence-electron chi connectivity index (χ4n) is 3.25. The SMILES string of the molecule is CN(C1CCCC1)S(=O)(=O)C1CCCC1C(=O)O. The average molecular weight is 275 g/mol. The summed E-state index contributed by atoms with van der Waals surface area (Å²) in [4.78, 5) is 11.1. The van der Waals surface area contributed by atoms with Crippen LogP contribution in [-0.4, -0.2) is 42.1 Å². The van der Waals surface area contributed by atoms with Crippen molar-refractivity contribution < 1.29 is 18.3 Å². The molecule has 0 aromatic heterocycles. The Hall–Kier alpha value is -0.620. The van der Waals surface area contributed by atoms with Gasteiger partial charge in [0.15, 0.2) is 0 Å². The van der Waals surface area contributed by atoms with Crippen molar-refractivity contribution in [2.45, 2.75) is 56.2 Å². The van der Waals surface area contributed by atoms with E-state index in [4.69, 9.17) is 5.11 Å². The third-order valence-electron chi connectivity index (χ3n) is 4.39. The van der Waals surface area contributed by atoms with Crippen LogP contribution in [0.4, 0.5) is 0 Å². The third-order valence-corrected chi connectivity index (χ3v) is 6.82. The Kier molecular flexibility index (Phi) is 3.96. The van der Waals surface area contributed by atoms with Gasteiger partial charge in [-0.05, 0) is 25.7 Å². The van der Waals surface area contributed by atoms with Crippen molar-refractivity contribution in [3.8, 4) is 0 Å². The Balaban J connectivity index is 2.16. The Morgan fingerprint density at radius 1 is 1.11 bits per heavy atom. The summed E-state index contributed by atoms with van der Waals surface area (Å²) >= 11 is 0. The molecular weight excluding hydrogens is 254 g/mol. The molecule has 0 radical (unpaired) electrons. The molecule has 0 saturated heterocycles. The van der Waals surface area contributed by atoms with Gasteiger partial charge in [0.05, 0.1) is 11.2 Å². The van der Waals surface area contributed by atoms with Gasteiger partial charge in [-0.2, -0.15) is 0 Å². The Morgan fingerprint density at radius 2 is 1.72 bits per heavy atom. The van der Waals surface area contributed by atoms with Crippen molar-refractivity contribution in [1.29, 1.82) is 0 Å². The first-order valence-electron chi connectivity index (χ1n) is 6.64. The smallest absolute Gasteiger partial charge is 0.307 e. The molecule has 2 aliphatic carbocycles. The van der Waals surface area contributed by atoms with Crippen molar-refractivity contribution in [3.63, 3.8) is 0 Å². The summed E-state index contributed by atoms with van der Waals surface area (Å²) in [5.41, 5.74) is 0. The lowest BCUT2D eigenvalue weighted by atomic mass is 10.1. The minimum Gasteiger partial charge on any atom is -0.481 e. The summed E-state index contributed by atoms with van der Waals surface area (Å²) in [7, 11) is -1.85. The monoisotopic (exact) mass is 275 g/mol. The zero-order chi connectivity index (χ0) is 13.3. The maximum atomic E-state index is 12.5. The van der Waals surface area contributed by atoms with E-state index >= 15 is 0 Å². The highest BCUT2D eigenvalue weighted by Gasteiger charge is 2.45. The Bertz CT molecular complexity index is 414. The highest BCUT2D eigenvalue weighted by atomic mass is 32.2. The van der Waals surface area contributed by atoms with E-state index in [-0.39, 0.29) is 6.04 Å². The maximum Gasteiger partial charge on any atom is 0.307 e. The van der Waals surface area contributed by atoms with E-state index in [1.807, 2.05) is 0 Å². The zero-order valence-corrected chi connectivity index (χ0v) is 11.5. The summed E-state index contributed by atoms with van der Waals surface area (Å²) in [6.45, 7) is 0. The Morgan fingerprint density at radius 3 is 2.28 bits per heavy atom. The first kappa shape index (κ1) is 13.8. The molecule has 2 aliphatic rings. The van der Waals surface area contributed by atoms with Crippen molar-refractivity contribution in [3.05, 3.63) is 0 Å². The van der Waals surface area contributed by atoms with Gasteiger partial charge in [0.1, 0.15) is 0 Å². The molecule has 2 rings (SSSR count). The van der Waals surface area contributed by atoms with E-state index < -0.39 is 27.2 Å². The number of hydrogen-bond acceptors (Lipinski definition) is 3. The van der Waals surface area contributed by atoms with Crippen LogP contribution in [0.25, 0.3) is 0 Å². The topological polar surface area (TPSA) is 74.7 Å². The van der Waals surface area contributed by atoms with Gasteiger partial charge in [-0.1, -0.05) is 19.3 Å². The minimum absolute atomic E-state index is 0.0741. The molecule has 2 saturated carbocycles. The number of carboxylic acids is 1. The standard InChI is InChI=1S/C12H21NO4S/c1-13(9-5-2-3-6-9)18(16,17)11-8-4-7-10(11)12(14)15/h9-11H,2-8H2,1H3,(H,14,15). The van der Waals surface area contributed by atoms with Crippen molar-refractivity contribution in [1.82, 2.24) is 4.31 Å². The van der Waals surface area contributed by atoms with E-state index in [0.717, 1.165) is 25.7 Å². The molecule has 6 heteroatoms. The summed E-state index contributed by atoms with van der Waals surface area (Å²) < 4.78 is 26.4. The molecule has 2 atom stereocenters. The van der Waals surface area contributed by atoms with E-state index in [0.29, 0.717) is 19.3 Å². The second-order valence-electron chi connectivity index (χ2n) is 5.41. The van der Waals surface area contributed by atoms with Gasteiger partial charge < -0.3 is 5.11 Å². The molecule has 104 valence electrons. The van der Waals surface area contributed by atoms with Gasteiger partial charge in [-0.25, -0.2) is 12.7 Å². The fraction of sp³-hybridized carbons (Fsp3) is 0.917. The number of carbonyl (C=O) groups is 1. The van der Waals surface area contributed by atoms with Gasteiger partial charge in [0.2, 0.25) is 10.0 Å². The van der Waals surface area contributed by atoms with Crippen molar-refractivity contribution in [2.24, 2.45) is 5.92 Å². The van der Waals surface area contributed by atoms with Crippen LogP contribution in [-0.2, 0) is 14.8 Å². The number of hydrogen-bond donors (Lipinski definition) is 1. The summed E-state index contributed by atoms with van der Waals surface area (Å²) in [6.07, 6.45) is 5.60. The Labute approximate surface area is 108 Å². The molecule has 0 aliphatic heterocycles. The van der Waals surface area contributed by atoms with Crippen LogP contribution in [0.5, 0.6) is 0 Å². The van der Waals surface area contributed by atoms with Gasteiger partial charge in [0.25, 0.3) is 0 Å². The van der Waals surface area contributed by atoms with Crippen LogP contribution in [0.15, 0.2) is 0 Å². The van der Waals surface area contributed by atoms with Crippen molar-refractivity contribution >= 4 is 16.0 Å². The molecule has 0 heterocycles. The van der Waals surface area contributed by atoms with Gasteiger partial charge in [-0.3, -0.25) is 4.79 Å². The highest BCUT2D eigenvalue weighted by Crippen LogP contribution is 2.35. The second-order valence-corrected chi connectivity index (χ2v) is 7.62. The first-order chi connectivity index (χ1) is 8.44. The normalized spacial score (nSPS) is 30.1. The van der Waals surface area contributed by atoms with Crippen LogP contribution in [0, 0.1) is 5.92 Å². The predicted molar refractivity (Wildman–Crippen MR) is 67.7 cm³/mol. The predicted octanol–water partition coefficient (Wildman–Crippen LogP) is 1.44. The van der Waals surface area contributed by atoms with Crippen LogP contribution in [0.3, 0.4) is 0 Å². The molecule has 0 bridgehead atoms. The van der Waals surface area contributed by atoms with Gasteiger partial charge >= 0.3 is 5.97 Å². The quantitative estimate of drug-likeness (QED) is 0.842. The van der Waals surface area contributed by atoms with Crippen LogP contribution < -0.4 is 0 Å². The molecule has 5 nitrogen and oxygen atoms in total. The molecular formula is C12H21NO4S. The molecule has 0 aromatic rings. The fourth-order valence-corrected chi connectivity index (χ4v) is 5.44. The molecule has 0 aromatic carbocycles. The number of rotatable bonds is 4. The van der Waals surface area contributed by atoms with E-state index in [1.165, 1.54) is 4.31 Å². The van der Waals surface area contributed by atoms with Crippen LogP contribution >= 0.6 is 0 Å². The lowest BCUT2D eigenvalue weighted by Crippen LogP contribution is -2.44. The summed E-state index contributed by atoms with van der Waals surface area (Å²) in [6, 6.07) is 0.0741. The van der Waals surface area contributed by atoms with Gasteiger partial charge in [0, 0.05) is 13.1 Å². The first-order valence-corrected chi connectivity index (χ1v) is 8.14. The molecule has 0 amide bonds. The largest absolute Gasteiger partial charge is 0.481 e. The lowest BCUT2D eigenvalue weighted by Gasteiger charge is -2.28. The highest BCUT2D eigenvalue weighted by molar-refractivity contribution is 7.89. The van der Waals surface area contributed by atoms with E-state index in [2.05, 4.69) is 0 Å². The van der Waals surface area contributed by atoms with Crippen LogP contribution in [0.1, 0.15) is 44.9 Å². The van der Waals surface area contributed by atoms with Gasteiger partial charge in [-0.15, -0.1) is 0 Å². The molecule has 2 fully saturated rings. The van der Waals surface area contributed by atoms with E-state index in [1.54, 1.807) is 7.05 Å². The number of sulfonamides is 1. The second kappa shape index (κ2) is 5.17. The zero-order valence-electron chi connectivity index (χ0n) is 10.7. The number of carboxylic acid groups (broad SMARTS) is 1. The van der Waals surface area contributed by atoms with Crippen molar-refractivity contribution in [2.75, 3.05) is 7.05 Å². The maximum absolute atomic E-state index is 12.5. The minimum atomic E-state index is -3.46. The summed E-state index contributed by atoms with van der Waals surface area (Å²) in [5, 5.41) is 8.39. The lowest BCUT2D eigenvalue weighted by molar-refractivity contribution is -0.141. The molecule has 0 spiro atoms. The average Bonchev–Trinajstić information content (AvgIpc) is 2.99. The third kappa shape index (κ3) is 2.40. The summed E-state index contributed by atoms with van der Waals surface area (Å²) in [5.74, 6) is -1.69. The van der Waals surface area contributed by atoms with Crippen LogP contribution in [0.2, 0.25) is 0 Å². The molecule has 18 heavy (non-hydrogen) atoms. The molecule has 1 N–H and O–H groups in total. The number of aliphatic carboxylic acids is 1. The number of nitrogens with zero attached hydrogens (tertiary/aromatic N) is 1. The van der Waals surface area contributed by atoms with E-state index in [9.17, 15) is 13.2 Å².